The fourth-order valence-corrected chi connectivity index (χ4v) is 2.14. The predicted octanol–water partition coefficient (Wildman–Crippen LogP) is 2.39. The van der Waals surface area contributed by atoms with Crippen molar-refractivity contribution in [1.82, 2.24) is 9.88 Å². The summed E-state index contributed by atoms with van der Waals surface area (Å²) in [6, 6.07) is 14.6. The number of hydrogen-bond donors (Lipinski definition) is 1. The number of ether oxygens (including phenoxy) is 1. The predicted molar refractivity (Wildman–Crippen MR) is 88.6 cm³/mol. The largest absolute Gasteiger partial charge is 0.478 e. The zero-order valence-corrected chi connectivity index (χ0v) is 13.5. The molecule has 6 nitrogen and oxygen atoms in total. The summed E-state index contributed by atoms with van der Waals surface area (Å²) >= 11 is 0. The number of benzene rings is 1. The second kappa shape index (κ2) is 8.67. The third-order valence-electron chi connectivity index (χ3n) is 3.52. The lowest BCUT2D eigenvalue weighted by atomic mass is 10.1. The van der Waals surface area contributed by atoms with Crippen molar-refractivity contribution in [2.45, 2.75) is 18.9 Å². The van der Waals surface area contributed by atoms with Gasteiger partial charge in [-0.3, -0.25) is 4.98 Å². The van der Waals surface area contributed by atoms with Crippen molar-refractivity contribution in [3.63, 3.8) is 0 Å². The molecular weight excluding hydrogens is 308 g/mol. The number of pyridine rings is 1. The highest BCUT2D eigenvalue weighted by Crippen LogP contribution is 2.08. The van der Waals surface area contributed by atoms with Crippen molar-refractivity contribution >= 4 is 12.1 Å². The maximum Gasteiger partial charge on any atom is 0.410 e. The van der Waals surface area contributed by atoms with Gasteiger partial charge in [0.15, 0.2) is 0 Å². The number of aliphatic carboxylic acids is 1. The van der Waals surface area contributed by atoms with E-state index >= 15 is 0 Å². The van der Waals surface area contributed by atoms with E-state index < -0.39 is 18.2 Å². The summed E-state index contributed by atoms with van der Waals surface area (Å²) in [5.74, 6) is -1.16. The maximum absolute atomic E-state index is 12.1. The summed E-state index contributed by atoms with van der Waals surface area (Å²) in [7, 11) is 1.58. The molecule has 0 aliphatic carbocycles. The van der Waals surface area contributed by atoms with E-state index in [4.69, 9.17) is 4.74 Å². The fraction of sp³-hybridized carbons (Fsp3) is 0.278. The minimum absolute atomic E-state index is 0.135. The number of carboxylic acid groups (broad SMARTS) is 1. The molecule has 0 aliphatic heterocycles. The Morgan fingerprint density at radius 1 is 1.17 bits per heavy atom. The molecule has 126 valence electrons. The van der Waals surface area contributed by atoms with Crippen LogP contribution in [0.4, 0.5) is 4.79 Å². The molecule has 0 spiro atoms. The molecule has 0 saturated carbocycles. The molecule has 2 aromatic rings. The van der Waals surface area contributed by atoms with E-state index in [1.807, 2.05) is 36.4 Å². The van der Waals surface area contributed by atoms with Gasteiger partial charge in [-0.25, -0.2) is 9.59 Å². The molecule has 0 saturated heterocycles. The number of carbonyl (C=O) groups is 2. The van der Waals surface area contributed by atoms with Crippen LogP contribution < -0.4 is 0 Å². The molecule has 2 rings (SSSR count). The summed E-state index contributed by atoms with van der Waals surface area (Å²) in [4.78, 5) is 29.0. The van der Waals surface area contributed by atoms with E-state index in [9.17, 15) is 14.7 Å². The van der Waals surface area contributed by atoms with E-state index in [2.05, 4.69) is 4.98 Å². The van der Waals surface area contributed by atoms with Gasteiger partial charge in [-0.05, 0) is 17.7 Å². The second-order valence-electron chi connectivity index (χ2n) is 5.39. The summed E-state index contributed by atoms with van der Waals surface area (Å²) in [6.45, 7) is 0.396. The molecule has 0 aliphatic rings. The third-order valence-corrected chi connectivity index (χ3v) is 3.52. The van der Waals surface area contributed by atoms with Gasteiger partial charge in [0, 0.05) is 38.3 Å². The van der Waals surface area contributed by atoms with Crippen LogP contribution in [-0.4, -0.2) is 46.7 Å². The molecule has 1 unspecified atom stereocenters. The Kier molecular flexibility index (Phi) is 6.31. The highest BCUT2D eigenvalue weighted by Gasteiger charge is 2.24. The first-order valence-electron chi connectivity index (χ1n) is 7.64. The van der Waals surface area contributed by atoms with Crippen molar-refractivity contribution in [2.75, 3.05) is 13.6 Å². The van der Waals surface area contributed by atoms with Crippen molar-refractivity contribution in [2.24, 2.45) is 0 Å². The lowest BCUT2D eigenvalue weighted by molar-refractivity contribution is -0.147. The van der Waals surface area contributed by atoms with Crippen molar-refractivity contribution < 1.29 is 19.4 Å². The van der Waals surface area contributed by atoms with E-state index in [-0.39, 0.29) is 6.42 Å². The molecule has 0 fully saturated rings. The zero-order chi connectivity index (χ0) is 17.4. The van der Waals surface area contributed by atoms with Gasteiger partial charge in [0.1, 0.15) is 0 Å². The van der Waals surface area contributed by atoms with Gasteiger partial charge < -0.3 is 14.7 Å². The highest BCUT2D eigenvalue weighted by molar-refractivity contribution is 5.77. The maximum atomic E-state index is 12.1. The highest BCUT2D eigenvalue weighted by atomic mass is 16.6. The lowest BCUT2D eigenvalue weighted by Crippen LogP contribution is -2.36. The molecule has 1 atom stereocenters. The molecule has 1 heterocycles. The first-order chi connectivity index (χ1) is 11.6. The monoisotopic (exact) mass is 328 g/mol. The van der Waals surface area contributed by atoms with Crippen LogP contribution in [0, 0.1) is 0 Å². The van der Waals surface area contributed by atoms with Crippen LogP contribution >= 0.6 is 0 Å². The Labute approximate surface area is 140 Å². The Morgan fingerprint density at radius 3 is 2.50 bits per heavy atom. The van der Waals surface area contributed by atoms with Gasteiger partial charge in [0.2, 0.25) is 6.10 Å². The van der Waals surface area contributed by atoms with Crippen LogP contribution in [0.1, 0.15) is 11.3 Å². The quantitative estimate of drug-likeness (QED) is 0.844. The molecule has 0 bridgehead atoms. The van der Waals surface area contributed by atoms with Crippen LogP contribution in [0.15, 0.2) is 54.7 Å². The van der Waals surface area contributed by atoms with Crippen molar-refractivity contribution in [3.8, 4) is 0 Å². The Hall–Kier alpha value is -2.89. The first kappa shape index (κ1) is 17.5. The first-order valence-corrected chi connectivity index (χ1v) is 7.64. The second-order valence-corrected chi connectivity index (χ2v) is 5.39. The van der Waals surface area contributed by atoms with Gasteiger partial charge >= 0.3 is 12.1 Å². The summed E-state index contributed by atoms with van der Waals surface area (Å²) in [6.07, 6.45) is 0.527. The van der Waals surface area contributed by atoms with Crippen LogP contribution in [-0.2, 0) is 22.4 Å². The molecule has 1 aromatic heterocycles. The number of nitrogens with zero attached hydrogens (tertiary/aromatic N) is 2. The molecule has 1 aromatic carbocycles. The van der Waals surface area contributed by atoms with Crippen LogP contribution in [0.3, 0.4) is 0 Å². The Balaban J connectivity index is 1.88. The summed E-state index contributed by atoms with van der Waals surface area (Å²) in [5, 5.41) is 9.27. The Bertz CT molecular complexity index is 661. The molecule has 1 amide bonds. The minimum atomic E-state index is -1.21. The number of carbonyl (C=O) groups excluding carboxylic acids is 1. The lowest BCUT2D eigenvalue weighted by Gasteiger charge is -2.20. The number of amides is 1. The molecule has 1 N–H and O–H groups in total. The number of hydrogen-bond acceptors (Lipinski definition) is 4. The topological polar surface area (TPSA) is 79.7 Å². The normalized spacial score (nSPS) is 11.5. The fourth-order valence-electron chi connectivity index (χ4n) is 2.14. The van der Waals surface area contributed by atoms with E-state index in [0.29, 0.717) is 13.0 Å². The smallest absolute Gasteiger partial charge is 0.410 e. The average Bonchev–Trinajstić information content (AvgIpc) is 2.60. The molecular formula is C18H20N2O4. The van der Waals surface area contributed by atoms with E-state index in [0.717, 1.165) is 11.3 Å². The molecule has 6 heteroatoms. The number of aromatic nitrogens is 1. The van der Waals surface area contributed by atoms with E-state index in [1.54, 1.807) is 25.4 Å². The number of rotatable bonds is 7. The van der Waals surface area contributed by atoms with Crippen molar-refractivity contribution in [3.05, 3.63) is 66.0 Å². The third kappa shape index (κ3) is 5.39. The summed E-state index contributed by atoms with van der Waals surface area (Å²) in [5.41, 5.74) is 1.66. The summed E-state index contributed by atoms with van der Waals surface area (Å²) < 4.78 is 5.13. The standard InChI is InChI=1S/C18H20N2O4/c1-20(12-10-15-9-5-6-11-19-15)18(23)24-16(17(21)22)13-14-7-3-2-4-8-14/h2-9,11,16H,10,12-13H2,1H3,(H,21,22). The zero-order valence-electron chi connectivity index (χ0n) is 13.5. The van der Waals surface area contributed by atoms with Gasteiger partial charge in [-0.2, -0.15) is 0 Å². The number of carboxylic acids is 1. The number of likely N-dealkylation sites (N-methyl/N-ethyl adjacent to an activating group) is 1. The van der Waals surface area contributed by atoms with Gasteiger partial charge in [0.05, 0.1) is 0 Å². The van der Waals surface area contributed by atoms with Gasteiger partial charge in [0.25, 0.3) is 0 Å². The molecule has 24 heavy (non-hydrogen) atoms. The molecule has 0 radical (unpaired) electrons. The van der Waals surface area contributed by atoms with E-state index in [1.165, 1.54) is 4.90 Å². The van der Waals surface area contributed by atoms with Crippen LogP contribution in [0.5, 0.6) is 0 Å². The van der Waals surface area contributed by atoms with Crippen molar-refractivity contribution in [1.29, 1.82) is 0 Å². The Morgan fingerprint density at radius 2 is 1.88 bits per heavy atom. The van der Waals surface area contributed by atoms with Gasteiger partial charge in [-0.15, -0.1) is 0 Å². The SMILES string of the molecule is CN(CCc1ccccn1)C(=O)OC(Cc1ccccc1)C(=O)O. The van der Waals surface area contributed by atoms with Crippen LogP contribution in [0.25, 0.3) is 0 Å². The van der Waals surface area contributed by atoms with Gasteiger partial charge in [-0.1, -0.05) is 36.4 Å². The minimum Gasteiger partial charge on any atom is -0.478 e. The average molecular weight is 328 g/mol. The van der Waals surface area contributed by atoms with Crippen LogP contribution in [0.2, 0.25) is 0 Å².